The third-order valence-corrected chi connectivity index (χ3v) is 8.50. The number of hydrogen-bond acceptors (Lipinski definition) is 8. The van der Waals surface area contributed by atoms with E-state index in [2.05, 4.69) is 50.0 Å². The lowest BCUT2D eigenvalue weighted by molar-refractivity contribution is 0.0321. The molecule has 0 bridgehead atoms. The molecular formula is C31H39N5O3. The molecule has 3 atom stereocenters. The van der Waals surface area contributed by atoms with E-state index in [4.69, 9.17) is 19.9 Å². The normalized spacial score (nSPS) is 24.9. The summed E-state index contributed by atoms with van der Waals surface area (Å²) in [4.78, 5) is 2.30. The first-order chi connectivity index (χ1) is 18.7. The smallest absolute Gasteiger partial charge is 0.191 e. The van der Waals surface area contributed by atoms with E-state index in [1.165, 1.54) is 0 Å². The Bertz CT molecular complexity index is 1240. The standard InChI is InChI=1S/C31H39N5O3/c1-5-38-27-16-21(6-9-26(27)39-15-12-36-10-13-37-14-11-36)28-24-17-22(30(2,3)4)7-8-23(24)25(18-32)29(35)31(28,19-33)20-34/h6,8-9,16,22,24,28H,5,7,10-15,17,35H2,1-4H3/t22?,24-,28+/m0/s1. The lowest BCUT2D eigenvalue weighted by Gasteiger charge is -2.47. The van der Waals surface area contributed by atoms with Crippen LogP contribution in [0.4, 0.5) is 0 Å². The number of nitriles is 3. The number of ether oxygens (including phenoxy) is 3. The van der Waals surface area contributed by atoms with Crippen molar-refractivity contribution in [1.82, 2.24) is 4.90 Å². The maximum atomic E-state index is 10.5. The van der Waals surface area contributed by atoms with Crippen LogP contribution in [0.3, 0.4) is 0 Å². The van der Waals surface area contributed by atoms with E-state index in [1.807, 2.05) is 25.1 Å². The van der Waals surface area contributed by atoms with Crippen LogP contribution in [0.1, 0.15) is 52.0 Å². The van der Waals surface area contributed by atoms with Crippen molar-refractivity contribution in [1.29, 1.82) is 15.8 Å². The van der Waals surface area contributed by atoms with E-state index < -0.39 is 11.3 Å². The maximum Gasteiger partial charge on any atom is 0.191 e. The number of hydrogen-bond donors (Lipinski definition) is 1. The second-order valence-corrected chi connectivity index (χ2v) is 11.7. The maximum absolute atomic E-state index is 10.5. The molecular weight excluding hydrogens is 490 g/mol. The fourth-order valence-electron chi connectivity index (χ4n) is 6.19. The molecule has 2 N–H and O–H groups in total. The second-order valence-electron chi connectivity index (χ2n) is 11.7. The lowest BCUT2D eigenvalue weighted by atomic mass is 9.54. The highest BCUT2D eigenvalue weighted by atomic mass is 16.5. The van der Waals surface area contributed by atoms with E-state index in [0.29, 0.717) is 30.6 Å². The number of nitrogens with zero attached hydrogens (tertiary/aromatic N) is 4. The zero-order valence-electron chi connectivity index (χ0n) is 23.5. The van der Waals surface area contributed by atoms with Crippen molar-refractivity contribution in [3.05, 3.63) is 46.7 Å². The summed E-state index contributed by atoms with van der Waals surface area (Å²) < 4.78 is 17.6. The molecule has 1 heterocycles. The van der Waals surface area contributed by atoms with Crippen LogP contribution >= 0.6 is 0 Å². The summed E-state index contributed by atoms with van der Waals surface area (Å²) in [5.41, 5.74) is 6.83. The summed E-state index contributed by atoms with van der Waals surface area (Å²) in [5, 5.41) is 30.9. The predicted octanol–water partition coefficient (Wildman–Crippen LogP) is 4.66. The quantitative estimate of drug-likeness (QED) is 0.540. The minimum Gasteiger partial charge on any atom is -0.490 e. The van der Waals surface area contributed by atoms with Gasteiger partial charge in [-0.05, 0) is 60.3 Å². The summed E-state index contributed by atoms with van der Waals surface area (Å²) in [6.45, 7) is 13.5. The van der Waals surface area contributed by atoms with E-state index >= 15 is 0 Å². The third kappa shape index (κ3) is 5.48. The van der Waals surface area contributed by atoms with Crippen LogP contribution in [0.15, 0.2) is 41.1 Å². The molecule has 0 radical (unpaired) electrons. The van der Waals surface area contributed by atoms with Crippen molar-refractivity contribution in [3.8, 4) is 29.7 Å². The molecule has 39 heavy (non-hydrogen) atoms. The van der Waals surface area contributed by atoms with E-state index in [1.54, 1.807) is 0 Å². The van der Waals surface area contributed by atoms with E-state index in [-0.39, 0.29) is 22.6 Å². The van der Waals surface area contributed by atoms with Crippen LogP contribution in [-0.4, -0.2) is 51.0 Å². The molecule has 1 aromatic rings. The van der Waals surface area contributed by atoms with Gasteiger partial charge in [0, 0.05) is 25.6 Å². The van der Waals surface area contributed by atoms with Gasteiger partial charge in [0.05, 0.1) is 43.2 Å². The summed E-state index contributed by atoms with van der Waals surface area (Å²) in [5.74, 6) is 0.771. The van der Waals surface area contributed by atoms with Crippen LogP contribution < -0.4 is 15.2 Å². The molecule has 0 saturated carbocycles. The van der Waals surface area contributed by atoms with Crippen molar-refractivity contribution in [3.63, 3.8) is 0 Å². The Morgan fingerprint density at radius 2 is 1.82 bits per heavy atom. The average Bonchev–Trinajstić information content (AvgIpc) is 2.93. The number of morpholine rings is 1. The SMILES string of the molecule is CCOc1cc([C@@H]2[C@H]3CC(C(C)(C)C)CC=C3C(C#N)=C(N)C2(C#N)C#N)ccc1OCCN1CCOCC1. The van der Waals surface area contributed by atoms with Gasteiger partial charge in [-0.1, -0.05) is 32.9 Å². The molecule has 1 aromatic carbocycles. The molecule has 1 saturated heterocycles. The Hall–Kier alpha value is -3.51. The number of rotatable bonds is 7. The third-order valence-electron chi connectivity index (χ3n) is 8.50. The molecule has 1 unspecified atom stereocenters. The highest BCUT2D eigenvalue weighted by Crippen LogP contribution is 2.58. The van der Waals surface area contributed by atoms with Crippen LogP contribution in [-0.2, 0) is 4.74 Å². The Kier molecular flexibility index (Phi) is 8.55. The van der Waals surface area contributed by atoms with Gasteiger partial charge in [0.15, 0.2) is 16.9 Å². The number of nitrogens with two attached hydrogens (primary N) is 1. The molecule has 206 valence electrons. The van der Waals surface area contributed by atoms with Gasteiger partial charge in [-0.15, -0.1) is 0 Å². The Balaban J connectivity index is 1.74. The number of fused-ring (bicyclic) bond motifs is 1. The largest absolute Gasteiger partial charge is 0.490 e. The summed E-state index contributed by atoms with van der Waals surface area (Å²) >= 11 is 0. The van der Waals surface area contributed by atoms with Gasteiger partial charge in [0.25, 0.3) is 0 Å². The Morgan fingerprint density at radius 1 is 1.10 bits per heavy atom. The van der Waals surface area contributed by atoms with Crippen molar-refractivity contribution in [2.24, 2.45) is 28.4 Å². The van der Waals surface area contributed by atoms with Crippen molar-refractivity contribution in [2.75, 3.05) is 46.1 Å². The highest BCUT2D eigenvalue weighted by Gasteiger charge is 2.55. The van der Waals surface area contributed by atoms with Gasteiger partial charge in [0.2, 0.25) is 0 Å². The molecule has 3 aliphatic rings. The molecule has 1 aliphatic heterocycles. The topological polar surface area (TPSA) is 128 Å². The first kappa shape index (κ1) is 28.5. The zero-order chi connectivity index (χ0) is 28.2. The molecule has 0 amide bonds. The zero-order valence-corrected chi connectivity index (χ0v) is 23.5. The van der Waals surface area contributed by atoms with Crippen molar-refractivity contribution >= 4 is 0 Å². The highest BCUT2D eigenvalue weighted by molar-refractivity contribution is 5.60. The van der Waals surface area contributed by atoms with Gasteiger partial charge in [-0.3, -0.25) is 4.90 Å². The molecule has 0 spiro atoms. The molecule has 2 aliphatic carbocycles. The summed E-state index contributed by atoms with van der Waals surface area (Å²) in [6.07, 6.45) is 3.69. The van der Waals surface area contributed by atoms with Gasteiger partial charge < -0.3 is 19.9 Å². The molecule has 8 nitrogen and oxygen atoms in total. The van der Waals surface area contributed by atoms with Gasteiger partial charge in [-0.25, -0.2) is 0 Å². The van der Waals surface area contributed by atoms with E-state index in [9.17, 15) is 15.8 Å². The predicted molar refractivity (Wildman–Crippen MR) is 147 cm³/mol. The minimum atomic E-state index is -1.67. The fraction of sp³-hybridized carbons (Fsp3) is 0.581. The molecule has 0 aromatic heterocycles. The minimum absolute atomic E-state index is 0.0305. The first-order valence-corrected chi connectivity index (χ1v) is 13.8. The van der Waals surface area contributed by atoms with Crippen LogP contribution in [0.25, 0.3) is 0 Å². The molecule has 8 heteroatoms. The molecule has 4 rings (SSSR count). The van der Waals surface area contributed by atoms with Crippen LogP contribution in [0.5, 0.6) is 11.5 Å². The second kappa shape index (κ2) is 11.7. The van der Waals surface area contributed by atoms with E-state index in [0.717, 1.165) is 56.8 Å². The fourth-order valence-corrected chi connectivity index (χ4v) is 6.19. The number of benzene rings is 1. The Labute approximate surface area is 232 Å². The first-order valence-electron chi connectivity index (χ1n) is 13.8. The van der Waals surface area contributed by atoms with Crippen LogP contribution in [0.2, 0.25) is 0 Å². The summed E-state index contributed by atoms with van der Waals surface area (Å²) in [6, 6.07) is 12.4. The number of allylic oxidation sites excluding steroid dienone is 4. The monoisotopic (exact) mass is 529 g/mol. The van der Waals surface area contributed by atoms with Gasteiger partial charge in [-0.2, -0.15) is 15.8 Å². The van der Waals surface area contributed by atoms with Gasteiger partial charge >= 0.3 is 0 Å². The van der Waals surface area contributed by atoms with Crippen molar-refractivity contribution < 1.29 is 14.2 Å². The molecule has 1 fully saturated rings. The Morgan fingerprint density at radius 3 is 2.44 bits per heavy atom. The lowest BCUT2D eigenvalue weighted by Crippen LogP contribution is -2.44. The average molecular weight is 530 g/mol. The van der Waals surface area contributed by atoms with Gasteiger partial charge in [0.1, 0.15) is 12.7 Å². The van der Waals surface area contributed by atoms with Crippen molar-refractivity contribution in [2.45, 2.75) is 46.5 Å². The van der Waals surface area contributed by atoms with Crippen LogP contribution in [0, 0.1) is 56.7 Å². The summed E-state index contributed by atoms with van der Waals surface area (Å²) in [7, 11) is 0.